The highest BCUT2D eigenvalue weighted by Crippen LogP contribution is 2.17. The van der Waals surface area contributed by atoms with Crippen LogP contribution >= 0.6 is 0 Å². The first kappa shape index (κ1) is 20.3. The Morgan fingerprint density at radius 3 is 2.52 bits per heavy atom. The normalized spacial score (nSPS) is 10.1. The van der Waals surface area contributed by atoms with E-state index in [2.05, 4.69) is 22.9 Å². The molecule has 2 rings (SSSR count). The molecule has 27 heavy (non-hydrogen) atoms. The van der Waals surface area contributed by atoms with E-state index in [4.69, 9.17) is 4.74 Å². The van der Waals surface area contributed by atoms with Gasteiger partial charge in [0.2, 0.25) is 5.91 Å². The Bertz CT molecular complexity index is 762. The molecule has 3 N–H and O–H groups in total. The first-order chi connectivity index (χ1) is 13.1. The maximum absolute atomic E-state index is 12.2. The predicted molar refractivity (Wildman–Crippen MR) is 108 cm³/mol. The largest absolute Gasteiger partial charge is 0.494 e. The highest BCUT2D eigenvalue weighted by molar-refractivity contribution is 5.98. The standard InChI is InChI=1S/C21H27N3O3/c1-3-11-22-21(26)16-7-5-9-18(13-16)24-20(25)15-23-17-8-6-10-19(14-17)27-12-4-2/h5-10,13-14,23H,3-4,11-12,15H2,1-2H3,(H,22,26)(H,24,25). The molecule has 0 saturated heterocycles. The molecule has 0 spiro atoms. The van der Waals surface area contributed by atoms with Gasteiger partial charge in [0.1, 0.15) is 5.75 Å². The van der Waals surface area contributed by atoms with E-state index in [-0.39, 0.29) is 18.4 Å². The van der Waals surface area contributed by atoms with E-state index >= 15 is 0 Å². The Morgan fingerprint density at radius 1 is 0.963 bits per heavy atom. The monoisotopic (exact) mass is 369 g/mol. The topological polar surface area (TPSA) is 79.5 Å². The van der Waals surface area contributed by atoms with Gasteiger partial charge >= 0.3 is 0 Å². The van der Waals surface area contributed by atoms with Crippen molar-refractivity contribution >= 4 is 23.2 Å². The van der Waals surface area contributed by atoms with Gasteiger partial charge in [-0.1, -0.05) is 26.0 Å². The number of benzene rings is 2. The molecule has 2 aromatic carbocycles. The molecule has 0 saturated carbocycles. The molecular weight excluding hydrogens is 342 g/mol. The lowest BCUT2D eigenvalue weighted by Crippen LogP contribution is -2.24. The van der Waals surface area contributed by atoms with Gasteiger partial charge in [-0.3, -0.25) is 9.59 Å². The van der Waals surface area contributed by atoms with Gasteiger partial charge in [0, 0.05) is 29.5 Å². The van der Waals surface area contributed by atoms with Crippen LogP contribution in [0, 0.1) is 0 Å². The van der Waals surface area contributed by atoms with Crippen molar-refractivity contribution in [3.63, 3.8) is 0 Å². The van der Waals surface area contributed by atoms with Crippen LogP contribution in [0.3, 0.4) is 0 Å². The van der Waals surface area contributed by atoms with Crippen LogP contribution in [0.25, 0.3) is 0 Å². The number of nitrogens with one attached hydrogen (secondary N) is 3. The van der Waals surface area contributed by atoms with Crippen LogP contribution in [-0.2, 0) is 4.79 Å². The summed E-state index contributed by atoms with van der Waals surface area (Å²) in [6.07, 6.45) is 1.81. The van der Waals surface area contributed by atoms with Gasteiger partial charge in [-0.2, -0.15) is 0 Å². The minimum absolute atomic E-state index is 0.115. The smallest absolute Gasteiger partial charge is 0.251 e. The van der Waals surface area contributed by atoms with E-state index in [1.807, 2.05) is 31.2 Å². The number of anilines is 2. The molecule has 0 aromatic heterocycles. The summed E-state index contributed by atoms with van der Waals surface area (Å²) in [5.74, 6) is 0.434. The van der Waals surface area contributed by atoms with Crippen LogP contribution in [0.2, 0.25) is 0 Å². The van der Waals surface area contributed by atoms with Gasteiger partial charge in [0.25, 0.3) is 5.91 Å². The molecule has 0 fully saturated rings. The minimum Gasteiger partial charge on any atom is -0.494 e. The van der Waals surface area contributed by atoms with E-state index in [0.717, 1.165) is 24.3 Å². The van der Waals surface area contributed by atoms with Crippen LogP contribution in [0.1, 0.15) is 37.0 Å². The van der Waals surface area contributed by atoms with Gasteiger partial charge in [-0.25, -0.2) is 0 Å². The van der Waals surface area contributed by atoms with Crippen LogP contribution in [0.5, 0.6) is 5.75 Å². The lowest BCUT2D eigenvalue weighted by molar-refractivity contribution is -0.114. The maximum atomic E-state index is 12.2. The second-order valence-electron chi connectivity index (χ2n) is 6.11. The zero-order chi connectivity index (χ0) is 19.5. The summed E-state index contributed by atoms with van der Waals surface area (Å²) >= 11 is 0. The Morgan fingerprint density at radius 2 is 1.74 bits per heavy atom. The summed E-state index contributed by atoms with van der Waals surface area (Å²) in [7, 11) is 0. The molecule has 6 heteroatoms. The maximum Gasteiger partial charge on any atom is 0.251 e. The van der Waals surface area contributed by atoms with Crippen molar-refractivity contribution in [3.8, 4) is 5.75 Å². The highest BCUT2D eigenvalue weighted by atomic mass is 16.5. The fourth-order valence-corrected chi connectivity index (χ4v) is 2.38. The number of ether oxygens (including phenoxy) is 1. The predicted octanol–water partition coefficient (Wildman–Crippen LogP) is 3.67. The molecule has 0 aliphatic rings. The minimum atomic E-state index is -0.194. The number of hydrogen-bond donors (Lipinski definition) is 3. The summed E-state index contributed by atoms with van der Waals surface area (Å²) in [5.41, 5.74) is 1.92. The van der Waals surface area contributed by atoms with Crippen LogP contribution in [0.15, 0.2) is 48.5 Å². The molecule has 0 radical (unpaired) electrons. The third kappa shape index (κ3) is 7.01. The van der Waals surface area contributed by atoms with Crippen molar-refractivity contribution < 1.29 is 14.3 Å². The van der Waals surface area contributed by atoms with Gasteiger partial charge in [0.05, 0.1) is 13.2 Å². The molecule has 2 amide bonds. The molecule has 0 aliphatic heterocycles. The molecule has 0 atom stereocenters. The van der Waals surface area contributed by atoms with Gasteiger partial charge in [-0.05, 0) is 43.2 Å². The zero-order valence-corrected chi connectivity index (χ0v) is 15.9. The molecule has 0 aliphatic carbocycles. The molecule has 0 bridgehead atoms. The SMILES string of the molecule is CCCNC(=O)c1cccc(NC(=O)CNc2cccc(OCCC)c2)c1. The summed E-state index contributed by atoms with van der Waals surface area (Å²) in [6.45, 7) is 5.44. The second kappa shape index (κ2) is 10.9. The average molecular weight is 369 g/mol. The van der Waals surface area contributed by atoms with E-state index in [0.29, 0.717) is 24.4 Å². The van der Waals surface area contributed by atoms with Crippen molar-refractivity contribution in [3.05, 3.63) is 54.1 Å². The number of carbonyl (C=O) groups excluding carboxylic acids is 2. The number of hydrogen-bond acceptors (Lipinski definition) is 4. The third-order valence-corrected chi connectivity index (χ3v) is 3.70. The second-order valence-corrected chi connectivity index (χ2v) is 6.11. The van der Waals surface area contributed by atoms with E-state index in [1.165, 1.54) is 0 Å². The number of carbonyl (C=O) groups is 2. The number of amides is 2. The van der Waals surface area contributed by atoms with Gasteiger partial charge in [0.15, 0.2) is 0 Å². The summed E-state index contributed by atoms with van der Waals surface area (Å²) in [6, 6.07) is 14.4. The van der Waals surface area contributed by atoms with Crippen molar-refractivity contribution in [1.82, 2.24) is 5.32 Å². The van der Waals surface area contributed by atoms with E-state index in [1.54, 1.807) is 24.3 Å². The summed E-state index contributed by atoms with van der Waals surface area (Å²) in [5, 5.41) is 8.69. The van der Waals surface area contributed by atoms with Crippen LogP contribution in [0.4, 0.5) is 11.4 Å². The van der Waals surface area contributed by atoms with Crippen molar-refractivity contribution in [2.75, 3.05) is 30.3 Å². The Balaban J connectivity index is 1.88. The Hall–Kier alpha value is -3.02. The fraction of sp³-hybridized carbons (Fsp3) is 0.333. The lowest BCUT2D eigenvalue weighted by Gasteiger charge is -2.11. The molecule has 144 valence electrons. The lowest BCUT2D eigenvalue weighted by atomic mass is 10.2. The molecule has 6 nitrogen and oxygen atoms in total. The fourth-order valence-electron chi connectivity index (χ4n) is 2.38. The zero-order valence-electron chi connectivity index (χ0n) is 15.9. The molecule has 2 aromatic rings. The summed E-state index contributed by atoms with van der Waals surface area (Å²) < 4.78 is 5.58. The van der Waals surface area contributed by atoms with Crippen molar-refractivity contribution in [1.29, 1.82) is 0 Å². The van der Waals surface area contributed by atoms with Crippen molar-refractivity contribution in [2.24, 2.45) is 0 Å². The first-order valence-electron chi connectivity index (χ1n) is 9.27. The highest BCUT2D eigenvalue weighted by Gasteiger charge is 2.07. The molecular formula is C21H27N3O3. The number of rotatable bonds is 10. The first-order valence-corrected chi connectivity index (χ1v) is 9.27. The van der Waals surface area contributed by atoms with Crippen molar-refractivity contribution in [2.45, 2.75) is 26.7 Å². The van der Waals surface area contributed by atoms with Crippen LogP contribution < -0.4 is 20.7 Å². The average Bonchev–Trinajstić information content (AvgIpc) is 2.69. The van der Waals surface area contributed by atoms with Crippen LogP contribution in [-0.4, -0.2) is 31.5 Å². The van der Waals surface area contributed by atoms with Gasteiger partial charge < -0.3 is 20.7 Å². The Kier molecular flexibility index (Phi) is 8.16. The summed E-state index contributed by atoms with van der Waals surface area (Å²) in [4.78, 5) is 24.2. The van der Waals surface area contributed by atoms with Gasteiger partial charge in [-0.15, -0.1) is 0 Å². The third-order valence-electron chi connectivity index (χ3n) is 3.70. The quantitative estimate of drug-likeness (QED) is 0.597. The Labute approximate surface area is 160 Å². The molecule has 0 heterocycles. The molecule has 0 unspecified atom stereocenters. The van der Waals surface area contributed by atoms with E-state index in [9.17, 15) is 9.59 Å². The van der Waals surface area contributed by atoms with E-state index < -0.39 is 0 Å².